The van der Waals surface area contributed by atoms with E-state index in [0.717, 1.165) is 0 Å². The van der Waals surface area contributed by atoms with Crippen molar-refractivity contribution in [3.63, 3.8) is 0 Å². The molecule has 0 bridgehead atoms. The van der Waals surface area contributed by atoms with Crippen LogP contribution < -0.4 is 9.41 Å². The first-order chi connectivity index (χ1) is 6.93. The van der Waals surface area contributed by atoms with Crippen LogP contribution in [-0.2, 0) is 70.9 Å². The second kappa shape index (κ2) is 42.8. The van der Waals surface area contributed by atoms with Gasteiger partial charge in [-0.25, -0.2) is 0 Å². The minimum atomic E-state index is -0.583. The number of amides is 4. The number of halogens is 2. The molecule has 0 aliphatic carbocycles. The van der Waals surface area contributed by atoms with Crippen LogP contribution in [-0.4, -0.2) is 23.6 Å². The van der Waals surface area contributed by atoms with Crippen molar-refractivity contribution >= 4 is 23.6 Å². The molecule has 0 aliphatic heterocycles. The summed E-state index contributed by atoms with van der Waals surface area (Å²) in [4.78, 5) is 36.4. The summed E-state index contributed by atoms with van der Waals surface area (Å²) in [5.74, 6) is -2.33. The van der Waals surface area contributed by atoms with Crippen molar-refractivity contribution in [2.75, 3.05) is 0 Å². The Kier molecular flexibility index (Phi) is 108. The van der Waals surface area contributed by atoms with Crippen molar-refractivity contribution < 1.29 is 80.3 Å². The van der Waals surface area contributed by atoms with Gasteiger partial charge in [0.2, 0.25) is 0 Å². The van der Waals surface area contributed by atoms with Gasteiger partial charge in [-0.2, -0.15) is 0 Å². The van der Waals surface area contributed by atoms with Crippen LogP contribution in [0.4, 0.5) is 0 Å². The standard InChI is InChI=1S/4C2H5NO.2FH.2Hf/c4*1-2(3)4;;;;/h4*1H3,(H2,3,4);2*1H;;/p-6. The van der Waals surface area contributed by atoms with Crippen LogP contribution in [0.2, 0.25) is 0 Å². The van der Waals surface area contributed by atoms with Gasteiger partial charge in [-0.3, -0.25) is 0 Å². The maximum Gasteiger partial charge on any atom is 0.0456 e. The molecule has 0 fully saturated rings. The summed E-state index contributed by atoms with van der Waals surface area (Å²) < 4.78 is 0. The third kappa shape index (κ3) is 17600. The monoisotopic (exact) mass is 630 g/mol. The first kappa shape index (κ1) is 50.5. The molecule has 0 heterocycles. The van der Waals surface area contributed by atoms with E-state index in [1.165, 1.54) is 27.7 Å². The predicted octanol–water partition coefficient (Wildman–Crippen LogP) is -3.66. The normalized spacial score (nSPS) is 5.00. The number of carbonyl (C=O) groups excluding carboxylic acids is 4. The Morgan fingerprint density at radius 1 is 0.500 bits per heavy atom. The maximum absolute atomic E-state index is 9.11. The van der Waals surface area contributed by atoms with Crippen LogP contribution in [0.1, 0.15) is 27.7 Å². The SMILES string of the molecule is CC([NH-])=O.CC([NH-])=O.CC([NH-])=O.CC([NH-])=O.[F-].[F-].[Hf].[Hf]. The van der Waals surface area contributed by atoms with Gasteiger partial charge >= 0.3 is 0 Å². The van der Waals surface area contributed by atoms with Gasteiger partial charge in [0, 0.05) is 75.3 Å². The molecule has 0 saturated carbocycles. The van der Waals surface area contributed by atoms with E-state index in [1.54, 1.807) is 0 Å². The predicted molar refractivity (Wildman–Crippen MR) is 60.0 cm³/mol. The summed E-state index contributed by atoms with van der Waals surface area (Å²) in [7, 11) is 0. The number of hydrogen-bond donors (Lipinski definition) is 0. The van der Waals surface area contributed by atoms with Crippen LogP contribution in [0.3, 0.4) is 0 Å². The average molecular weight is 627 g/mol. The van der Waals surface area contributed by atoms with Crippen molar-refractivity contribution in [3.8, 4) is 0 Å². The molecule has 20 heavy (non-hydrogen) atoms. The first-order valence-electron chi connectivity index (χ1n) is 3.82. The second-order valence-corrected chi connectivity index (χ2v) is 2.22. The van der Waals surface area contributed by atoms with E-state index in [1.807, 2.05) is 0 Å². The van der Waals surface area contributed by atoms with E-state index in [2.05, 4.69) is 0 Å². The molecule has 0 atom stereocenters. The Hall–Kier alpha value is -0.520. The van der Waals surface area contributed by atoms with E-state index in [9.17, 15) is 0 Å². The molecule has 0 rings (SSSR count). The summed E-state index contributed by atoms with van der Waals surface area (Å²) in [6.07, 6.45) is 0. The summed E-state index contributed by atoms with van der Waals surface area (Å²) in [6.45, 7) is 4.78. The Bertz CT molecular complexity index is 183. The van der Waals surface area contributed by atoms with E-state index in [4.69, 9.17) is 42.1 Å². The average Bonchev–Trinajstić information content (AvgIpc) is 1.76. The summed E-state index contributed by atoms with van der Waals surface area (Å²) >= 11 is 0. The number of hydrogen-bond acceptors (Lipinski definition) is 4. The molecule has 4 amide bonds. The number of carbonyl (C=O) groups is 4. The van der Waals surface area contributed by atoms with Gasteiger partial charge in [-0.15, -0.1) is 0 Å². The minimum absolute atomic E-state index is 0. The third-order valence-corrected chi connectivity index (χ3v) is 0. The van der Waals surface area contributed by atoms with Crippen LogP contribution >= 0.6 is 0 Å². The Morgan fingerprint density at radius 3 is 0.500 bits per heavy atom. The molecule has 4 N–H and O–H groups in total. The van der Waals surface area contributed by atoms with Gasteiger partial charge in [0.1, 0.15) is 0 Å². The van der Waals surface area contributed by atoms with Gasteiger partial charge in [-0.05, 0) is 27.7 Å². The van der Waals surface area contributed by atoms with Gasteiger partial charge < -0.3 is 51.5 Å². The van der Waals surface area contributed by atoms with E-state index in [0.29, 0.717) is 0 Å². The topological polar surface area (TPSA) is 163 Å². The van der Waals surface area contributed by atoms with Gasteiger partial charge in [-0.1, -0.05) is 0 Å². The molecule has 0 unspecified atom stereocenters. The summed E-state index contributed by atoms with van der Waals surface area (Å²) in [6, 6.07) is 0. The molecule has 0 aromatic heterocycles. The van der Waals surface area contributed by atoms with Crippen LogP contribution in [0.5, 0.6) is 0 Å². The molecule has 0 spiro atoms. The Morgan fingerprint density at radius 2 is 0.500 bits per heavy atom. The van der Waals surface area contributed by atoms with E-state index < -0.39 is 23.6 Å². The number of rotatable bonds is 0. The number of nitrogens with one attached hydrogen (secondary N) is 4. The zero-order valence-corrected chi connectivity index (χ0v) is 18.6. The molecule has 8 nitrogen and oxygen atoms in total. The van der Waals surface area contributed by atoms with Crippen molar-refractivity contribution in [2.24, 2.45) is 0 Å². The zero-order valence-electron chi connectivity index (χ0n) is 11.4. The van der Waals surface area contributed by atoms with E-state index >= 15 is 0 Å². The fourth-order valence-corrected chi connectivity index (χ4v) is 0. The summed E-state index contributed by atoms with van der Waals surface area (Å²) in [5.41, 5.74) is 23.8. The molecule has 0 aromatic rings. The quantitative estimate of drug-likeness (QED) is 0.253. The van der Waals surface area contributed by atoms with Crippen molar-refractivity contribution in [2.45, 2.75) is 27.7 Å². The molecular formula is C8H16F2Hf2N4O4-6. The van der Waals surface area contributed by atoms with Crippen molar-refractivity contribution in [3.05, 3.63) is 22.9 Å². The Balaban J connectivity index is -0.0000000150. The van der Waals surface area contributed by atoms with Crippen LogP contribution in [0.15, 0.2) is 0 Å². The van der Waals surface area contributed by atoms with E-state index in [-0.39, 0.29) is 61.1 Å². The smallest absolute Gasteiger partial charge is 0.0456 e. The van der Waals surface area contributed by atoms with Gasteiger partial charge in [0.25, 0.3) is 0 Å². The fraction of sp³-hybridized carbons (Fsp3) is 0.500. The Labute approximate surface area is 154 Å². The molecule has 12 heteroatoms. The molecule has 0 radical (unpaired) electrons. The van der Waals surface area contributed by atoms with Gasteiger partial charge in [0.05, 0.1) is 0 Å². The molecular weight excluding hydrogens is 611 g/mol. The van der Waals surface area contributed by atoms with Gasteiger partial charge in [0.15, 0.2) is 0 Å². The van der Waals surface area contributed by atoms with Crippen molar-refractivity contribution in [1.82, 2.24) is 0 Å². The molecule has 0 saturated heterocycles. The minimum Gasteiger partial charge on any atom is -1.00 e. The molecule has 120 valence electrons. The van der Waals surface area contributed by atoms with Crippen molar-refractivity contribution in [1.29, 1.82) is 0 Å². The molecule has 0 aliphatic rings. The molecule has 0 aromatic carbocycles. The summed E-state index contributed by atoms with van der Waals surface area (Å²) in [5, 5.41) is 0. The second-order valence-electron chi connectivity index (χ2n) is 2.22. The maximum atomic E-state index is 9.11. The van der Waals surface area contributed by atoms with Crippen LogP contribution in [0.25, 0.3) is 22.9 Å². The first-order valence-corrected chi connectivity index (χ1v) is 3.82. The fourth-order valence-electron chi connectivity index (χ4n) is 0. The zero-order chi connectivity index (χ0) is 14.3. The largest absolute Gasteiger partial charge is 1.00 e. The van der Waals surface area contributed by atoms with Crippen LogP contribution in [0, 0.1) is 0 Å². The third-order valence-electron chi connectivity index (χ3n) is 0.